The van der Waals surface area contributed by atoms with E-state index in [0.29, 0.717) is 29.5 Å². The zero-order valence-corrected chi connectivity index (χ0v) is 11.9. The molecule has 1 aliphatic rings. The normalized spacial score (nSPS) is 19.0. The van der Waals surface area contributed by atoms with Crippen molar-refractivity contribution in [3.05, 3.63) is 26.3 Å². The Morgan fingerprint density at radius 1 is 1.68 bits per heavy atom. The topological polar surface area (TPSA) is 102 Å². The van der Waals surface area contributed by atoms with Crippen molar-refractivity contribution >= 4 is 33.3 Å². The molecule has 7 nitrogen and oxygen atoms in total. The lowest BCUT2D eigenvalue weighted by molar-refractivity contribution is -0.384. The summed E-state index contributed by atoms with van der Waals surface area (Å²) in [6.07, 6.45) is 1.78. The number of anilines is 1. The van der Waals surface area contributed by atoms with Crippen LogP contribution in [0.3, 0.4) is 0 Å². The maximum absolute atomic E-state index is 11.9. The summed E-state index contributed by atoms with van der Waals surface area (Å²) < 4.78 is 0.546. The lowest BCUT2D eigenvalue weighted by atomic mass is 10.1. The Labute approximate surface area is 118 Å². The molecule has 1 amide bonds. The fourth-order valence-electron chi connectivity index (χ4n) is 2.12. The fourth-order valence-corrected chi connectivity index (χ4v) is 2.41. The van der Waals surface area contributed by atoms with Gasteiger partial charge in [-0.3, -0.25) is 19.8 Å². The number of aromatic nitrogens is 1. The highest BCUT2D eigenvalue weighted by molar-refractivity contribution is 9.10. The average molecular weight is 329 g/mol. The molecule has 1 unspecified atom stereocenters. The van der Waals surface area contributed by atoms with E-state index in [-0.39, 0.29) is 23.3 Å². The van der Waals surface area contributed by atoms with Crippen molar-refractivity contribution in [1.29, 1.82) is 0 Å². The van der Waals surface area contributed by atoms with Crippen LogP contribution < -0.4 is 10.6 Å². The van der Waals surface area contributed by atoms with Gasteiger partial charge in [-0.1, -0.05) is 0 Å². The first kappa shape index (κ1) is 13.9. The summed E-state index contributed by atoms with van der Waals surface area (Å²) in [4.78, 5) is 28.0. The number of hydrogen-bond acceptors (Lipinski definition) is 5. The van der Waals surface area contributed by atoms with E-state index in [1.165, 1.54) is 11.1 Å². The van der Waals surface area contributed by atoms with Crippen LogP contribution in [-0.4, -0.2) is 28.9 Å². The Hall–Kier alpha value is -1.54. The van der Waals surface area contributed by atoms with Crippen LogP contribution in [0.4, 0.5) is 11.5 Å². The van der Waals surface area contributed by atoms with E-state index in [1.807, 2.05) is 0 Å². The Balaban J connectivity index is 2.49. The van der Waals surface area contributed by atoms with E-state index in [0.717, 1.165) is 0 Å². The number of pyridine rings is 1. The van der Waals surface area contributed by atoms with Gasteiger partial charge in [-0.25, -0.2) is 4.98 Å². The number of amides is 1. The van der Waals surface area contributed by atoms with Gasteiger partial charge in [0.2, 0.25) is 11.7 Å². The summed E-state index contributed by atoms with van der Waals surface area (Å²) in [5.74, 6) is -0.0442. The predicted molar refractivity (Wildman–Crippen MR) is 72.8 cm³/mol. The number of rotatable bonds is 3. The lowest BCUT2D eigenvalue weighted by Crippen LogP contribution is -2.27. The molecule has 2 rings (SSSR count). The van der Waals surface area contributed by atoms with Gasteiger partial charge in [-0.15, -0.1) is 0 Å². The molecule has 19 heavy (non-hydrogen) atoms. The Kier molecular flexibility index (Phi) is 3.81. The summed E-state index contributed by atoms with van der Waals surface area (Å²) in [5.41, 5.74) is 5.87. The minimum atomic E-state index is -0.508. The number of carbonyl (C=O) groups excluding carboxylic acids is 1. The molecule has 1 fully saturated rings. The molecule has 1 aromatic heterocycles. The monoisotopic (exact) mass is 328 g/mol. The van der Waals surface area contributed by atoms with E-state index in [1.54, 1.807) is 6.92 Å². The Bertz CT molecular complexity index is 549. The number of carbonyl (C=O) groups is 1. The maximum atomic E-state index is 11.9. The highest BCUT2D eigenvalue weighted by Crippen LogP contribution is 2.36. The summed E-state index contributed by atoms with van der Waals surface area (Å²) in [6, 6.07) is 0. The van der Waals surface area contributed by atoms with E-state index in [4.69, 9.17) is 5.73 Å². The third kappa shape index (κ3) is 2.45. The molecule has 1 aliphatic heterocycles. The first-order valence-corrected chi connectivity index (χ1v) is 6.55. The zero-order valence-electron chi connectivity index (χ0n) is 10.3. The first-order chi connectivity index (χ1) is 8.95. The molecule has 1 atom stereocenters. The zero-order chi connectivity index (χ0) is 14.2. The standard InChI is InChI=1S/C11H13BrN4O3/c1-6-8(12)4-14-11(10(6)16(18)19)15-5-7(3-13)2-9(15)17/h4,7H,2-3,5,13H2,1H3. The van der Waals surface area contributed by atoms with E-state index >= 15 is 0 Å². The number of nitrogens with two attached hydrogens (primary N) is 1. The number of nitrogens with zero attached hydrogens (tertiary/aromatic N) is 3. The van der Waals surface area contributed by atoms with Crippen molar-refractivity contribution in [2.45, 2.75) is 13.3 Å². The van der Waals surface area contributed by atoms with Crippen molar-refractivity contribution in [3.8, 4) is 0 Å². The van der Waals surface area contributed by atoms with Gasteiger partial charge in [0.15, 0.2) is 0 Å². The molecular formula is C11H13BrN4O3. The summed E-state index contributed by atoms with van der Waals surface area (Å²) in [5, 5.41) is 11.2. The van der Waals surface area contributed by atoms with Crippen LogP contribution in [0.2, 0.25) is 0 Å². The molecule has 0 saturated carbocycles. The van der Waals surface area contributed by atoms with Crippen LogP contribution in [0.15, 0.2) is 10.7 Å². The molecule has 102 valence electrons. The molecule has 2 N–H and O–H groups in total. The maximum Gasteiger partial charge on any atom is 0.316 e. The SMILES string of the molecule is Cc1c(Br)cnc(N2CC(CN)CC2=O)c1[N+](=O)[O-]. The fraction of sp³-hybridized carbons (Fsp3) is 0.455. The van der Waals surface area contributed by atoms with Gasteiger partial charge in [0.1, 0.15) is 0 Å². The molecule has 0 radical (unpaired) electrons. The van der Waals surface area contributed by atoms with Gasteiger partial charge in [-0.2, -0.15) is 0 Å². The highest BCUT2D eigenvalue weighted by Gasteiger charge is 2.35. The average Bonchev–Trinajstić information content (AvgIpc) is 2.73. The number of hydrogen-bond donors (Lipinski definition) is 1. The van der Waals surface area contributed by atoms with Crippen LogP contribution in [0.5, 0.6) is 0 Å². The van der Waals surface area contributed by atoms with Crippen molar-refractivity contribution in [2.75, 3.05) is 18.0 Å². The van der Waals surface area contributed by atoms with Crippen LogP contribution in [-0.2, 0) is 4.79 Å². The molecule has 0 aromatic carbocycles. The third-order valence-electron chi connectivity index (χ3n) is 3.20. The summed E-state index contributed by atoms with van der Waals surface area (Å²) >= 11 is 3.21. The van der Waals surface area contributed by atoms with E-state index < -0.39 is 4.92 Å². The molecular weight excluding hydrogens is 316 g/mol. The third-order valence-corrected chi connectivity index (χ3v) is 4.00. The first-order valence-electron chi connectivity index (χ1n) is 5.75. The molecule has 1 saturated heterocycles. The second-order valence-electron chi connectivity index (χ2n) is 4.47. The quantitative estimate of drug-likeness (QED) is 0.666. The second-order valence-corrected chi connectivity index (χ2v) is 5.32. The van der Waals surface area contributed by atoms with Gasteiger partial charge in [-0.05, 0) is 35.3 Å². The van der Waals surface area contributed by atoms with E-state index in [2.05, 4.69) is 20.9 Å². The van der Waals surface area contributed by atoms with Crippen LogP contribution in [0, 0.1) is 23.0 Å². The molecule has 0 bridgehead atoms. The summed E-state index contributed by atoms with van der Waals surface area (Å²) in [7, 11) is 0. The largest absolute Gasteiger partial charge is 0.330 e. The molecule has 0 aliphatic carbocycles. The van der Waals surface area contributed by atoms with Crippen molar-refractivity contribution in [3.63, 3.8) is 0 Å². The van der Waals surface area contributed by atoms with Crippen LogP contribution >= 0.6 is 15.9 Å². The van der Waals surface area contributed by atoms with Crippen molar-refractivity contribution < 1.29 is 9.72 Å². The summed E-state index contributed by atoms with van der Waals surface area (Å²) in [6.45, 7) is 2.38. The van der Waals surface area contributed by atoms with Crippen LogP contribution in [0.1, 0.15) is 12.0 Å². The minimum Gasteiger partial charge on any atom is -0.330 e. The molecule has 1 aromatic rings. The molecule has 8 heteroatoms. The van der Waals surface area contributed by atoms with Gasteiger partial charge >= 0.3 is 5.69 Å². The van der Waals surface area contributed by atoms with Crippen LogP contribution in [0.25, 0.3) is 0 Å². The predicted octanol–water partition coefficient (Wildman–Crippen LogP) is 1.37. The van der Waals surface area contributed by atoms with Gasteiger partial charge in [0.25, 0.3) is 0 Å². The Morgan fingerprint density at radius 3 is 2.89 bits per heavy atom. The van der Waals surface area contributed by atoms with E-state index in [9.17, 15) is 14.9 Å². The number of nitro groups is 1. The molecule has 2 heterocycles. The Morgan fingerprint density at radius 2 is 2.37 bits per heavy atom. The van der Waals surface area contributed by atoms with Gasteiger partial charge in [0, 0.05) is 29.2 Å². The molecule has 0 spiro atoms. The van der Waals surface area contributed by atoms with Gasteiger partial charge in [0.05, 0.1) is 4.92 Å². The smallest absolute Gasteiger partial charge is 0.316 e. The van der Waals surface area contributed by atoms with Crippen molar-refractivity contribution in [1.82, 2.24) is 4.98 Å². The minimum absolute atomic E-state index is 0.0258. The second kappa shape index (κ2) is 5.22. The van der Waals surface area contributed by atoms with Crippen molar-refractivity contribution in [2.24, 2.45) is 11.7 Å². The number of halogens is 1. The van der Waals surface area contributed by atoms with Gasteiger partial charge < -0.3 is 5.73 Å². The lowest BCUT2D eigenvalue weighted by Gasteiger charge is -2.16. The highest BCUT2D eigenvalue weighted by atomic mass is 79.9.